The number of hydrogen-bond acceptors (Lipinski definition) is 4. The van der Waals surface area contributed by atoms with Crippen LogP contribution in [0.25, 0.3) is 0 Å². The summed E-state index contributed by atoms with van der Waals surface area (Å²) in [6, 6.07) is 0. The van der Waals surface area contributed by atoms with E-state index in [0.29, 0.717) is 0 Å². The molecule has 0 radical (unpaired) electrons. The molecule has 0 bridgehead atoms. The molecular weight excluding hydrogens is 259 g/mol. The first-order valence-corrected chi connectivity index (χ1v) is 5.96. The lowest BCUT2D eigenvalue weighted by molar-refractivity contribution is -0.149. The van der Waals surface area contributed by atoms with Crippen LogP contribution in [0.3, 0.4) is 0 Å². The smallest absolute Gasteiger partial charge is 0.339 e. The fourth-order valence-electron chi connectivity index (χ4n) is 1.13. The van der Waals surface area contributed by atoms with Gasteiger partial charge in [0, 0.05) is 0 Å². The summed E-state index contributed by atoms with van der Waals surface area (Å²) in [5.74, 6) is -6.64. The Morgan fingerprint density at radius 3 is 1.71 bits per heavy atom. The zero-order valence-corrected chi connectivity index (χ0v) is 9.28. The van der Waals surface area contributed by atoms with Crippen LogP contribution in [0.2, 0.25) is 0 Å². The fraction of sp³-hybridized carbons (Fsp3) is 0.571. The predicted molar refractivity (Wildman–Crippen MR) is 51.5 cm³/mol. The van der Waals surface area contributed by atoms with E-state index in [1.165, 1.54) is 0 Å². The van der Waals surface area contributed by atoms with E-state index in [0.717, 1.165) is 0 Å². The van der Waals surface area contributed by atoms with Crippen molar-refractivity contribution in [3.05, 3.63) is 0 Å². The molecule has 0 aliphatic heterocycles. The lowest BCUT2D eigenvalue weighted by Gasteiger charge is -2.17. The first kappa shape index (κ1) is 15.6. The van der Waals surface area contributed by atoms with Gasteiger partial charge in [0.25, 0.3) is 0 Å². The highest BCUT2D eigenvalue weighted by Crippen LogP contribution is 2.44. The highest BCUT2D eigenvalue weighted by molar-refractivity contribution is 7.53. The largest absolute Gasteiger partial charge is 0.481 e. The van der Waals surface area contributed by atoms with Gasteiger partial charge < -0.3 is 25.1 Å². The van der Waals surface area contributed by atoms with E-state index >= 15 is 0 Å². The van der Waals surface area contributed by atoms with Crippen molar-refractivity contribution in [2.45, 2.75) is 18.5 Å². The van der Waals surface area contributed by atoms with Crippen molar-refractivity contribution in [3.8, 4) is 0 Å². The van der Waals surface area contributed by atoms with Gasteiger partial charge in [-0.2, -0.15) is 0 Å². The molecule has 0 aromatic heterocycles. The van der Waals surface area contributed by atoms with Crippen LogP contribution in [-0.4, -0.2) is 48.7 Å². The summed E-state index contributed by atoms with van der Waals surface area (Å²) in [5.41, 5.74) is -2.22. The third-order valence-electron chi connectivity index (χ3n) is 1.97. The van der Waals surface area contributed by atoms with Crippen molar-refractivity contribution in [2.75, 3.05) is 0 Å². The predicted octanol–water partition coefficient (Wildman–Crippen LogP) is -0.817. The highest BCUT2D eigenvalue weighted by Gasteiger charge is 2.39. The van der Waals surface area contributed by atoms with E-state index in [4.69, 9.17) is 25.1 Å². The van der Waals surface area contributed by atoms with Gasteiger partial charge in [0.2, 0.25) is 0 Å². The Labute approximate surface area is 94.8 Å². The van der Waals surface area contributed by atoms with Crippen molar-refractivity contribution >= 4 is 25.5 Å². The first-order chi connectivity index (χ1) is 7.55. The van der Waals surface area contributed by atoms with Gasteiger partial charge in [-0.3, -0.25) is 18.9 Å². The third-order valence-corrected chi connectivity index (χ3v) is 3.21. The molecule has 0 aromatic rings. The van der Waals surface area contributed by atoms with Gasteiger partial charge >= 0.3 is 25.5 Å². The lowest BCUT2D eigenvalue weighted by atomic mass is 9.99. The topological polar surface area (TPSA) is 169 Å². The molecule has 0 fully saturated rings. The SMILES string of the molecule is O=C(O)CC(CC(C(=O)O)P(=O)(O)O)C(=O)O. The second kappa shape index (κ2) is 5.76. The summed E-state index contributed by atoms with van der Waals surface area (Å²) >= 11 is 0. The molecule has 10 heteroatoms. The summed E-state index contributed by atoms with van der Waals surface area (Å²) in [6.07, 6.45) is -1.85. The summed E-state index contributed by atoms with van der Waals surface area (Å²) in [4.78, 5) is 48.9. The van der Waals surface area contributed by atoms with Gasteiger partial charge in [0.05, 0.1) is 12.3 Å². The van der Waals surface area contributed by atoms with E-state index in [-0.39, 0.29) is 0 Å². The van der Waals surface area contributed by atoms with Gasteiger partial charge in [-0.1, -0.05) is 0 Å². The van der Waals surface area contributed by atoms with Crippen molar-refractivity contribution in [1.29, 1.82) is 0 Å². The van der Waals surface area contributed by atoms with Crippen LogP contribution < -0.4 is 0 Å². The molecule has 5 N–H and O–H groups in total. The van der Waals surface area contributed by atoms with Crippen LogP contribution in [0.15, 0.2) is 0 Å². The number of carboxylic acid groups (broad SMARTS) is 3. The zero-order valence-electron chi connectivity index (χ0n) is 8.39. The standard InChI is InChI=1S/C7H11O9P/c8-5(9)2-3(6(10)11)1-4(7(12)13)17(14,15)16/h3-4H,1-2H2,(H,8,9)(H,10,11)(H,12,13)(H2,14,15,16). The van der Waals surface area contributed by atoms with E-state index in [1.54, 1.807) is 0 Å². The second-order valence-electron chi connectivity index (χ2n) is 3.31. The molecule has 0 amide bonds. The van der Waals surface area contributed by atoms with Gasteiger partial charge in [-0.15, -0.1) is 0 Å². The zero-order chi connectivity index (χ0) is 13.8. The normalized spacial score (nSPS) is 14.9. The molecule has 0 aromatic carbocycles. The number of carbonyl (C=O) groups is 3. The first-order valence-electron chi connectivity index (χ1n) is 4.28. The molecule has 0 saturated carbocycles. The molecule has 2 unspecified atom stereocenters. The van der Waals surface area contributed by atoms with E-state index < -0.39 is 49.9 Å². The molecule has 0 aliphatic rings. The molecule has 9 nitrogen and oxygen atoms in total. The molecule has 2 atom stereocenters. The number of hydrogen-bond donors (Lipinski definition) is 5. The summed E-state index contributed by atoms with van der Waals surface area (Å²) < 4.78 is 10.8. The minimum atomic E-state index is -5.02. The molecule has 0 heterocycles. The van der Waals surface area contributed by atoms with Crippen LogP contribution in [0.4, 0.5) is 0 Å². The summed E-state index contributed by atoms with van der Waals surface area (Å²) in [5, 5.41) is 25.5. The monoisotopic (exact) mass is 270 g/mol. The van der Waals surface area contributed by atoms with Crippen LogP contribution in [-0.2, 0) is 18.9 Å². The van der Waals surface area contributed by atoms with Crippen molar-refractivity contribution in [1.82, 2.24) is 0 Å². The highest BCUT2D eigenvalue weighted by atomic mass is 31.2. The minimum absolute atomic E-state index is 0.904. The molecule has 0 spiro atoms. The average Bonchev–Trinajstić information content (AvgIpc) is 2.07. The minimum Gasteiger partial charge on any atom is -0.481 e. The third kappa shape index (κ3) is 5.43. The van der Waals surface area contributed by atoms with E-state index in [2.05, 4.69) is 0 Å². The van der Waals surface area contributed by atoms with Crippen molar-refractivity contribution in [3.63, 3.8) is 0 Å². The van der Waals surface area contributed by atoms with Gasteiger partial charge in [-0.25, -0.2) is 0 Å². The Morgan fingerprint density at radius 1 is 1.00 bits per heavy atom. The number of aliphatic carboxylic acids is 3. The van der Waals surface area contributed by atoms with Gasteiger partial charge in [0.1, 0.15) is 0 Å². The van der Waals surface area contributed by atoms with Crippen LogP contribution >= 0.6 is 7.60 Å². The van der Waals surface area contributed by atoms with E-state index in [9.17, 15) is 18.9 Å². The quantitative estimate of drug-likeness (QED) is 0.371. The number of rotatable bonds is 7. The molecule has 0 saturated heterocycles. The Kier molecular flexibility index (Phi) is 5.27. The maximum absolute atomic E-state index is 10.8. The van der Waals surface area contributed by atoms with Crippen LogP contribution in [0.5, 0.6) is 0 Å². The van der Waals surface area contributed by atoms with Crippen molar-refractivity contribution < 1.29 is 44.1 Å². The lowest BCUT2D eigenvalue weighted by Crippen LogP contribution is -2.28. The fourth-order valence-corrected chi connectivity index (χ4v) is 1.95. The molecular formula is C7H11O9P. The Morgan fingerprint density at radius 2 is 1.47 bits per heavy atom. The number of carboxylic acids is 3. The summed E-state index contributed by atoms with van der Waals surface area (Å²) in [6.45, 7) is 0. The maximum atomic E-state index is 10.8. The maximum Gasteiger partial charge on any atom is 0.339 e. The summed E-state index contributed by atoms with van der Waals surface area (Å²) in [7, 11) is -5.02. The van der Waals surface area contributed by atoms with Gasteiger partial charge in [-0.05, 0) is 6.42 Å². The Balaban J connectivity index is 4.94. The van der Waals surface area contributed by atoms with Crippen molar-refractivity contribution in [2.24, 2.45) is 5.92 Å². The average molecular weight is 270 g/mol. The molecule has 98 valence electrons. The molecule has 0 rings (SSSR count). The molecule has 17 heavy (non-hydrogen) atoms. The Bertz CT molecular complexity index is 370. The van der Waals surface area contributed by atoms with Gasteiger partial charge in [0.15, 0.2) is 5.66 Å². The molecule has 0 aliphatic carbocycles. The van der Waals surface area contributed by atoms with Crippen LogP contribution in [0, 0.1) is 5.92 Å². The van der Waals surface area contributed by atoms with E-state index in [1.807, 2.05) is 0 Å². The van der Waals surface area contributed by atoms with Crippen LogP contribution in [0.1, 0.15) is 12.8 Å². The Hall–Kier alpha value is -1.44. The second-order valence-corrected chi connectivity index (χ2v) is 5.11.